The van der Waals surface area contributed by atoms with Gasteiger partial charge in [-0.3, -0.25) is 0 Å². The van der Waals surface area contributed by atoms with Crippen molar-refractivity contribution in [2.75, 3.05) is 19.6 Å². The van der Waals surface area contributed by atoms with E-state index in [1.54, 1.807) is 0 Å². The first-order chi connectivity index (χ1) is 12.7. The fourth-order valence-electron chi connectivity index (χ4n) is 5.41. The normalized spacial score (nSPS) is 32.6. The average Bonchev–Trinajstić information content (AvgIpc) is 3.28. The Hall–Kier alpha value is -0.785. The second kappa shape index (κ2) is 6.63. The van der Waals surface area contributed by atoms with Crippen LogP contribution in [0.1, 0.15) is 72.6 Å². The lowest BCUT2D eigenvalue weighted by molar-refractivity contribution is 0.00578. The standard InChI is InChI=1S/C20H35BN2O4/c1-18(2)19(3,4)27-21(26-18)15-7-12-22(13-8-15)17(25)23-14-9-16(24)20(23)10-5-6-11-20/h15-16,24H,5-14H2,1-4H3. The van der Waals surface area contributed by atoms with Gasteiger partial charge in [-0.2, -0.15) is 0 Å². The zero-order chi connectivity index (χ0) is 19.4. The van der Waals surface area contributed by atoms with Gasteiger partial charge in [-0.05, 0) is 65.6 Å². The summed E-state index contributed by atoms with van der Waals surface area (Å²) in [6, 6.07) is 0.126. The highest BCUT2D eigenvalue weighted by molar-refractivity contribution is 6.47. The van der Waals surface area contributed by atoms with Crippen LogP contribution < -0.4 is 0 Å². The summed E-state index contributed by atoms with van der Waals surface area (Å²) in [4.78, 5) is 17.2. The molecule has 6 nitrogen and oxygen atoms in total. The van der Waals surface area contributed by atoms with Crippen LogP contribution in [0.15, 0.2) is 0 Å². The third-order valence-electron chi connectivity index (χ3n) is 7.95. The monoisotopic (exact) mass is 378 g/mol. The van der Waals surface area contributed by atoms with Crippen molar-refractivity contribution in [1.82, 2.24) is 9.80 Å². The van der Waals surface area contributed by atoms with Crippen molar-refractivity contribution in [2.45, 2.75) is 101 Å². The molecular weight excluding hydrogens is 343 g/mol. The maximum Gasteiger partial charge on any atom is 0.461 e. The Morgan fingerprint density at radius 2 is 1.52 bits per heavy atom. The van der Waals surface area contributed by atoms with Gasteiger partial charge in [0.2, 0.25) is 0 Å². The molecule has 1 saturated carbocycles. The molecule has 152 valence electrons. The Balaban J connectivity index is 1.37. The van der Waals surface area contributed by atoms with Crippen LogP contribution in [0.2, 0.25) is 5.82 Å². The summed E-state index contributed by atoms with van der Waals surface area (Å²) in [7, 11) is -0.179. The number of carbonyl (C=O) groups excluding carboxylic acids is 1. The van der Waals surface area contributed by atoms with E-state index in [-0.39, 0.29) is 36.0 Å². The predicted molar refractivity (Wildman–Crippen MR) is 105 cm³/mol. The molecule has 0 aromatic heterocycles. The number of urea groups is 1. The van der Waals surface area contributed by atoms with E-state index in [0.29, 0.717) is 12.4 Å². The number of hydrogen-bond acceptors (Lipinski definition) is 4. The van der Waals surface area contributed by atoms with E-state index in [1.807, 2.05) is 9.80 Å². The Labute approximate surface area is 163 Å². The van der Waals surface area contributed by atoms with Crippen LogP contribution in [-0.2, 0) is 9.31 Å². The molecule has 4 fully saturated rings. The average molecular weight is 378 g/mol. The molecule has 1 atom stereocenters. The number of hydrogen-bond donors (Lipinski definition) is 1. The smallest absolute Gasteiger partial charge is 0.403 e. The topological polar surface area (TPSA) is 62.2 Å². The van der Waals surface area contributed by atoms with E-state index in [9.17, 15) is 9.90 Å². The second-order valence-corrected chi connectivity index (χ2v) is 10.00. The van der Waals surface area contributed by atoms with E-state index >= 15 is 0 Å². The number of likely N-dealkylation sites (tertiary alicyclic amines) is 2. The molecule has 1 N–H and O–H groups in total. The van der Waals surface area contributed by atoms with Crippen LogP contribution in [0.3, 0.4) is 0 Å². The molecule has 0 radical (unpaired) electrons. The Morgan fingerprint density at radius 1 is 0.963 bits per heavy atom. The minimum atomic E-state index is -0.355. The lowest BCUT2D eigenvalue weighted by Gasteiger charge is -2.42. The second-order valence-electron chi connectivity index (χ2n) is 10.00. The maximum absolute atomic E-state index is 13.2. The Kier molecular flexibility index (Phi) is 4.80. The third-order valence-corrected chi connectivity index (χ3v) is 7.95. The van der Waals surface area contributed by atoms with E-state index in [0.717, 1.165) is 58.0 Å². The summed E-state index contributed by atoms with van der Waals surface area (Å²) in [5.41, 5.74) is -0.893. The molecule has 0 bridgehead atoms. The molecular formula is C20H35BN2O4. The number of amides is 2. The first-order valence-electron chi connectivity index (χ1n) is 10.8. The molecule has 3 heterocycles. The summed E-state index contributed by atoms with van der Waals surface area (Å²) in [5, 5.41) is 10.5. The molecule has 0 aromatic rings. The zero-order valence-corrected chi connectivity index (χ0v) is 17.4. The van der Waals surface area contributed by atoms with Gasteiger partial charge in [-0.1, -0.05) is 12.8 Å². The number of nitrogens with zero attached hydrogens (tertiary/aromatic N) is 2. The van der Waals surface area contributed by atoms with Crippen molar-refractivity contribution in [1.29, 1.82) is 0 Å². The Bertz CT molecular complexity index is 567. The maximum atomic E-state index is 13.2. The van der Waals surface area contributed by atoms with Crippen molar-refractivity contribution in [3.8, 4) is 0 Å². The van der Waals surface area contributed by atoms with Crippen LogP contribution in [0, 0.1) is 0 Å². The lowest BCUT2D eigenvalue weighted by atomic mass is 9.67. The number of rotatable bonds is 1. The van der Waals surface area contributed by atoms with Gasteiger partial charge in [0.15, 0.2) is 0 Å². The van der Waals surface area contributed by atoms with Gasteiger partial charge in [0.05, 0.1) is 22.8 Å². The molecule has 27 heavy (non-hydrogen) atoms. The van der Waals surface area contributed by atoms with E-state index < -0.39 is 0 Å². The molecule has 1 aliphatic carbocycles. The number of carbonyl (C=O) groups is 1. The minimum absolute atomic E-state index is 0.126. The highest BCUT2D eigenvalue weighted by Crippen LogP contribution is 2.45. The summed E-state index contributed by atoms with van der Waals surface area (Å²) in [5.74, 6) is 0.333. The van der Waals surface area contributed by atoms with Crippen molar-refractivity contribution in [2.24, 2.45) is 0 Å². The summed E-state index contributed by atoms with van der Waals surface area (Å²) < 4.78 is 12.4. The van der Waals surface area contributed by atoms with Crippen LogP contribution >= 0.6 is 0 Å². The van der Waals surface area contributed by atoms with Gasteiger partial charge >= 0.3 is 13.1 Å². The molecule has 7 heteroatoms. The van der Waals surface area contributed by atoms with Crippen molar-refractivity contribution < 1.29 is 19.2 Å². The van der Waals surface area contributed by atoms with Gasteiger partial charge in [0.25, 0.3) is 0 Å². The molecule has 1 spiro atoms. The van der Waals surface area contributed by atoms with Gasteiger partial charge in [-0.15, -0.1) is 0 Å². The Morgan fingerprint density at radius 3 is 2.07 bits per heavy atom. The van der Waals surface area contributed by atoms with Crippen LogP contribution in [0.4, 0.5) is 4.79 Å². The van der Waals surface area contributed by atoms with Gasteiger partial charge in [0.1, 0.15) is 0 Å². The highest BCUT2D eigenvalue weighted by Gasteiger charge is 2.55. The molecule has 3 aliphatic heterocycles. The van der Waals surface area contributed by atoms with Crippen LogP contribution in [0.5, 0.6) is 0 Å². The van der Waals surface area contributed by atoms with Gasteiger partial charge in [-0.25, -0.2) is 4.79 Å². The highest BCUT2D eigenvalue weighted by atomic mass is 16.7. The third kappa shape index (κ3) is 3.10. The first kappa shape index (κ1) is 19.5. The lowest BCUT2D eigenvalue weighted by Crippen LogP contribution is -2.56. The first-order valence-corrected chi connectivity index (χ1v) is 10.8. The predicted octanol–water partition coefficient (Wildman–Crippen LogP) is 3.04. The van der Waals surface area contributed by atoms with Crippen molar-refractivity contribution in [3.63, 3.8) is 0 Å². The zero-order valence-electron chi connectivity index (χ0n) is 17.4. The molecule has 1 unspecified atom stereocenters. The molecule has 4 rings (SSSR count). The fourth-order valence-corrected chi connectivity index (χ4v) is 5.41. The van der Waals surface area contributed by atoms with Crippen LogP contribution in [0.25, 0.3) is 0 Å². The molecule has 3 saturated heterocycles. The van der Waals surface area contributed by atoms with E-state index in [1.165, 1.54) is 0 Å². The fraction of sp³-hybridized carbons (Fsp3) is 0.950. The summed E-state index contributed by atoms with van der Waals surface area (Å²) >= 11 is 0. The largest absolute Gasteiger partial charge is 0.461 e. The minimum Gasteiger partial charge on any atom is -0.403 e. The summed E-state index contributed by atoms with van der Waals surface area (Å²) in [6.45, 7) is 10.5. The molecule has 0 aromatic carbocycles. The van der Waals surface area contributed by atoms with Gasteiger partial charge < -0.3 is 24.2 Å². The van der Waals surface area contributed by atoms with E-state index in [4.69, 9.17) is 9.31 Å². The quantitative estimate of drug-likeness (QED) is 0.713. The summed E-state index contributed by atoms with van der Waals surface area (Å²) in [6.07, 6.45) is 6.31. The number of piperidine rings is 1. The molecule has 4 aliphatic rings. The molecule has 2 amide bonds. The van der Waals surface area contributed by atoms with Crippen molar-refractivity contribution in [3.05, 3.63) is 0 Å². The van der Waals surface area contributed by atoms with Gasteiger partial charge in [0, 0.05) is 19.6 Å². The van der Waals surface area contributed by atoms with Crippen LogP contribution in [-0.4, -0.2) is 70.5 Å². The number of aliphatic hydroxyl groups excluding tert-OH is 1. The van der Waals surface area contributed by atoms with E-state index in [2.05, 4.69) is 27.7 Å². The number of aliphatic hydroxyl groups is 1. The van der Waals surface area contributed by atoms with Crippen molar-refractivity contribution >= 4 is 13.1 Å². The SMILES string of the molecule is CC1(C)OB(C2CCN(C(=O)N3CCC(O)C34CCCC4)CC2)OC1(C)C.